The molecule has 0 radical (unpaired) electrons. The van der Waals surface area contributed by atoms with Crippen LogP contribution in [0, 0.1) is 13.8 Å². The molecule has 3 amide bonds. The number of nitrogens with one attached hydrogen (secondary N) is 3. The molecule has 7 fully saturated rings. The van der Waals surface area contributed by atoms with Crippen LogP contribution in [0.25, 0.3) is 78.7 Å². The normalized spacial score (nSPS) is 18.0. The van der Waals surface area contributed by atoms with Gasteiger partial charge in [-0.15, -0.1) is 5.10 Å². The minimum Gasteiger partial charge on any atom is -0.497 e. The van der Waals surface area contributed by atoms with Gasteiger partial charge in [0.2, 0.25) is 20.0 Å². The van der Waals surface area contributed by atoms with Crippen LogP contribution in [-0.4, -0.2) is 287 Å². The number of aromatic nitrogens is 9. The summed E-state index contributed by atoms with van der Waals surface area (Å²) in [6.45, 7) is 19.7. The Morgan fingerprint density at radius 2 is 1.06 bits per heavy atom. The van der Waals surface area contributed by atoms with Gasteiger partial charge < -0.3 is 79.8 Å². The third-order valence-electron chi connectivity index (χ3n) is 27.5. The molecule has 33 nitrogen and oxygen atoms in total. The molecule has 142 heavy (non-hydrogen) atoms. The van der Waals surface area contributed by atoms with Crippen molar-refractivity contribution in [1.29, 1.82) is 0 Å². The molecule has 768 valence electrons. The Morgan fingerprint density at radius 3 is 1.48 bits per heavy atom. The molecule has 4 aliphatic carbocycles. The van der Waals surface area contributed by atoms with Crippen molar-refractivity contribution in [2.75, 3.05) is 143 Å². The second kappa shape index (κ2) is 47.0. The van der Waals surface area contributed by atoms with Gasteiger partial charge in [0.05, 0.1) is 170 Å². The van der Waals surface area contributed by atoms with E-state index in [1.54, 1.807) is 67.4 Å². The van der Waals surface area contributed by atoms with Crippen molar-refractivity contribution >= 4 is 113 Å². The van der Waals surface area contributed by atoms with E-state index in [-0.39, 0.29) is 46.9 Å². The fraction of sp³-hybridized carbons (Fsp3) is 0.520. The fourth-order valence-electron chi connectivity index (χ4n) is 19.7. The lowest BCUT2D eigenvalue weighted by Gasteiger charge is -2.33. The first kappa shape index (κ1) is 106. The van der Waals surface area contributed by atoms with E-state index >= 15 is 0 Å². The van der Waals surface area contributed by atoms with E-state index in [1.165, 1.54) is 42.7 Å². The molecule has 0 unspecified atom stereocenters. The van der Waals surface area contributed by atoms with Crippen LogP contribution in [0.15, 0.2) is 97.1 Å². The SMILES string of the molecule is CN(C)C(On1nnc2ccccc21)=[N+](C)C.CN1CCOCC1.COC[C@@H]1CN(C(=O)c2c(C)nn(C3CCC3)c2C2=Cc3cc(OC)ccc3-c3c(C4CCCCC4)c4ccc(C(=O)NS(=O)(=O)C(C)C)cc4n3C2)CCO1.COC[C@@H]1CNCCO1.COc1ccc2c(c1)C=C(c1c(C(=O)O)c(C)nn1C1CCC1)Cn1c-2c(C2CCCCC2)c2ccc(C(=O)NS(=O)(=O)C(C)C)cc21.F[B-](F)(F)F. The number of para-hydroxylation sites is 1. The van der Waals surface area contributed by atoms with Gasteiger partial charge in [-0.3, -0.25) is 28.6 Å². The van der Waals surface area contributed by atoms with Crippen LogP contribution in [0.5, 0.6) is 11.5 Å². The van der Waals surface area contributed by atoms with Gasteiger partial charge in [-0.25, -0.2) is 40.5 Å². The molecule has 5 aliphatic heterocycles. The summed E-state index contributed by atoms with van der Waals surface area (Å²) in [6.07, 6.45) is 21.5. The maximum atomic E-state index is 14.8. The molecule has 40 heteroatoms. The Balaban J connectivity index is 0.000000165. The number of rotatable bonds is 21. The van der Waals surface area contributed by atoms with Crippen LogP contribution >= 0.6 is 0 Å². The molecule has 4 saturated carbocycles. The molecule has 2 atom stereocenters. The molecule has 9 aliphatic rings. The maximum Gasteiger partial charge on any atom is 0.673 e. The first-order chi connectivity index (χ1) is 67.9. The van der Waals surface area contributed by atoms with E-state index in [0.717, 1.165) is 225 Å². The number of likely N-dealkylation sites (N-methyl/N-ethyl adjacent to an activating group) is 1. The van der Waals surface area contributed by atoms with E-state index < -0.39 is 55.6 Å². The topological polar surface area (TPSA) is 356 Å². The van der Waals surface area contributed by atoms with E-state index in [4.69, 9.17) is 48.2 Å². The molecule has 5 aromatic heterocycles. The number of sulfonamides is 2. The van der Waals surface area contributed by atoms with Crippen LogP contribution in [0.2, 0.25) is 0 Å². The number of halogens is 4. The molecular formula is C102H135BF4N16O17S2. The number of ether oxygens (including phenoxy) is 7. The summed E-state index contributed by atoms with van der Waals surface area (Å²) >= 11 is 0. The summed E-state index contributed by atoms with van der Waals surface area (Å²) in [4.78, 5) is 67.7. The largest absolute Gasteiger partial charge is 0.673 e. The highest BCUT2D eigenvalue weighted by Crippen LogP contribution is 2.52. The van der Waals surface area contributed by atoms with E-state index in [0.29, 0.717) is 92.3 Å². The maximum absolute atomic E-state index is 14.8. The predicted molar refractivity (Wildman–Crippen MR) is 540 cm³/mol. The standard InChI is InChI=1S/C43H53N5O7S.C37H42N4O6S.C11H16N5O.C6H13NO2.C5H11NO.BF4/c1-26(2)56(51,52)45-42(49)29-14-16-36-37(22-29)47-23-31(20-30-21-33(54-5)15-17-35(30)41(47)39(36)28-10-7-6-8-11-28)40-38(27(3)44-48(40)32-12-9-13-32)43(50)46-18-19-55-34(24-46)25-53-4;1-21(2)48(45,46)39-36(42)24-13-15-30-31(19-24)40-20-26(34-32(37(43)44)22(3)38-41(34)27-11-8-12-27)17-25-18-28(47-4)14-16-29(25)35(40)33(30)23-9-6-5-7-10-23;1-14(2)11(15(3)4)17-16-10-8-6-5-7-9(10)12-13-16;1-8-5-6-4-7-2-3-9-6;1-6-2-4-7-5-3-6;2-1(3,4)5/h14-17,20-22,26,28,32,34H,6-13,18-19,23-25H2,1-5H3,(H,45,49);13-19,21,23,27H,5-12,20H2,1-4H3,(H,39,42)(H,43,44);5-8H,1-4H3;6-7H,2-5H2,1H3;2-5H2,1H3;/q;;+1;;;-1/t34-;;;6-;;/m0..0../s1. The van der Waals surface area contributed by atoms with Gasteiger partial charge in [0.15, 0.2) is 0 Å². The zero-order valence-corrected chi connectivity index (χ0v) is 85.6. The van der Waals surface area contributed by atoms with Gasteiger partial charge in [0.1, 0.15) is 28.1 Å². The molecule has 5 aromatic carbocycles. The quantitative estimate of drug-likeness (QED) is 0.0171. The van der Waals surface area contributed by atoms with Crippen molar-refractivity contribution in [3.8, 4) is 34.0 Å². The van der Waals surface area contributed by atoms with Gasteiger partial charge in [0.25, 0.3) is 17.7 Å². The van der Waals surface area contributed by atoms with E-state index in [9.17, 15) is 58.4 Å². The smallest absolute Gasteiger partial charge is 0.497 e. The Labute approximate surface area is 827 Å². The summed E-state index contributed by atoms with van der Waals surface area (Å²) in [5.74, 6) is -0.403. The third-order valence-corrected chi connectivity index (χ3v) is 30.9. The van der Waals surface area contributed by atoms with Gasteiger partial charge in [0, 0.05) is 97.5 Å². The van der Waals surface area contributed by atoms with Crippen molar-refractivity contribution in [3.63, 3.8) is 0 Å². The average molecular weight is 2010 g/mol. The zero-order chi connectivity index (χ0) is 102. The molecule has 0 spiro atoms. The summed E-state index contributed by atoms with van der Waals surface area (Å²) < 4.78 is 143. The Kier molecular flexibility index (Phi) is 35.2. The van der Waals surface area contributed by atoms with Crippen molar-refractivity contribution < 1.29 is 101 Å². The Morgan fingerprint density at radius 1 is 0.585 bits per heavy atom. The number of carboxylic acid groups (broad SMARTS) is 1. The van der Waals surface area contributed by atoms with Crippen LogP contribution in [-0.2, 0) is 56.8 Å². The monoisotopic (exact) mass is 2010 g/mol. The molecule has 10 heterocycles. The number of carbonyl (C=O) groups is 4. The van der Waals surface area contributed by atoms with Crippen molar-refractivity contribution in [3.05, 3.63) is 164 Å². The van der Waals surface area contributed by atoms with Crippen LogP contribution in [0.3, 0.4) is 0 Å². The van der Waals surface area contributed by atoms with Gasteiger partial charge in [-0.2, -0.15) is 10.2 Å². The summed E-state index contributed by atoms with van der Waals surface area (Å²) in [7, 11) is 2.71. The second-order valence-corrected chi connectivity index (χ2v) is 43.0. The number of morpholine rings is 3. The number of fused-ring (bicyclic) bond motifs is 11. The second-order valence-electron chi connectivity index (χ2n) is 38.5. The highest BCUT2D eigenvalue weighted by Gasteiger charge is 2.41. The minimum absolute atomic E-state index is 0.0747. The van der Waals surface area contributed by atoms with E-state index in [2.05, 4.69) is 81.2 Å². The Bertz CT molecular complexity index is 6520. The molecule has 4 N–H and O–H groups in total. The number of aryl methyl sites for hydroxylation is 2. The lowest BCUT2D eigenvalue weighted by atomic mass is 9.81. The lowest BCUT2D eigenvalue weighted by molar-refractivity contribution is -0.480. The third kappa shape index (κ3) is 24.8. The highest BCUT2D eigenvalue weighted by atomic mass is 32.2. The lowest BCUT2D eigenvalue weighted by Crippen LogP contribution is -2.47. The summed E-state index contributed by atoms with van der Waals surface area (Å²) in [5, 5.41) is 32.1. The van der Waals surface area contributed by atoms with Crippen molar-refractivity contribution in [2.45, 2.75) is 204 Å². The average Bonchev–Trinajstić information content (AvgIpc) is 1.57. The molecule has 10 aromatic rings. The number of amidine groups is 1. The molecule has 19 rings (SSSR count). The summed E-state index contributed by atoms with van der Waals surface area (Å²) in [5.41, 5.74) is 17.4. The number of amides is 3. The van der Waals surface area contributed by atoms with Crippen molar-refractivity contribution in [1.82, 2.24) is 73.3 Å². The molecule has 0 bridgehead atoms. The zero-order valence-electron chi connectivity index (χ0n) is 83.9. The highest BCUT2D eigenvalue weighted by molar-refractivity contribution is 7.90. The number of hydrogen-bond acceptors (Lipinski definition) is 22. The number of allylic oxidation sites excluding steroid dienone is 2. The van der Waals surface area contributed by atoms with Gasteiger partial charge in [-0.1, -0.05) is 67.6 Å². The number of benzene rings is 5. The first-order valence-corrected chi connectivity index (χ1v) is 52.2. The number of carbonyl (C=O) groups excluding carboxylic acids is 3. The van der Waals surface area contributed by atoms with Crippen LogP contribution < -0.4 is 29.1 Å². The summed E-state index contributed by atoms with van der Waals surface area (Å²) in [6, 6.07) is 31.9. The number of hydrogen-bond donors (Lipinski definition) is 4. The van der Waals surface area contributed by atoms with Crippen LogP contribution in [0.4, 0.5) is 17.3 Å². The van der Waals surface area contributed by atoms with Crippen LogP contribution in [0.1, 0.15) is 241 Å². The fourth-order valence-corrected chi connectivity index (χ4v) is 21.0. The number of nitrogens with zero attached hydrogens (tertiary/aromatic N) is 13. The Hall–Kier alpha value is -11.4. The minimum atomic E-state index is -6.00. The number of methoxy groups -OCH3 is 4. The van der Waals surface area contributed by atoms with E-state index in [1.807, 2.05) is 115 Å². The van der Waals surface area contributed by atoms with Gasteiger partial charge in [-0.05, 0) is 248 Å². The molecular weight excluding hydrogens is 1870 g/mol. The van der Waals surface area contributed by atoms with Gasteiger partial charge >= 0.3 is 19.2 Å². The number of aromatic carboxylic acids is 1. The van der Waals surface area contributed by atoms with Crippen molar-refractivity contribution in [2.24, 2.45) is 0 Å². The molecule has 3 saturated heterocycles. The number of carboxylic acids is 1. The predicted octanol–water partition coefficient (Wildman–Crippen LogP) is 15.3. The first-order valence-electron chi connectivity index (χ1n) is 49.1.